The van der Waals surface area contributed by atoms with Crippen LogP contribution in [0.15, 0.2) is 66.5 Å². The summed E-state index contributed by atoms with van der Waals surface area (Å²) in [4.78, 5) is 12.5. The number of ether oxygens (including phenoxy) is 1. The quantitative estimate of drug-likeness (QED) is 0.524. The highest BCUT2D eigenvalue weighted by molar-refractivity contribution is 6.09. The lowest BCUT2D eigenvalue weighted by molar-refractivity contribution is -0.112. The van der Waals surface area contributed by atoms with Crippen molar-refractivity contribution >= 4 is 17.7 Å². The van der Waals surface area contributed by atoms with E-state index in [1.54, 1.807) is 13.2 Å². The van der Waals surface area contributed by atoms with Crippen LogP contribution in [0.3, 0.4) is 0 Å². The Morgan fingerprint density at radius 3 is 2.54 bits per heavy atom. The normalized spacial score (nSPS) is 11.0. The molecular weight excluding hydrogens is 350 g/mol. The first-order valence-corrected chi connectivity index (χ1v) is 8.83. The van der Waals surface area contributed by atoms with E-state index < -0.39 is 5.91 Å². The van der Waals surface area contributed by atoms with Crippen LogP contribution in [0, 0.1) is 25.2 Å². The third kappa shape index (κ3) is 4.30. The Hall–Kier alpha value is -3.78. The van der Waals surface area contributed by atoms with Crippen molar-refractivity contribution < 1.29 is 9.53 Å². The fourth-order valence-corrected chi connectivity index (χ4v) is 2.87. The molecule has 3 aromatic rings. The SMILES string of the molecule is COc1ccc(-n2ccc(/C=C(\C#N)C(=O)Nc3ccc(C)cc3C)c2)cc1. The molecule has 0 aliphatic carbocycles. The van der Waals surface area contributed by atoms with Crippen LogP contribution in [0.1, 0.15) is 16.7 Å². The van der Waals surface area contributed by atoms with E-state index in [1.807, 2.05) is 85.4 Å². The van der Waals surface area contributed by atoms with E-state index in [4.69, 9.17) is 4.74 Å². The number of rotatable bonds is 5. The molecule has 3 rings (SSSR count). The molecule has 0 unspecified atom stereocenters. The van der Waals surface area contributed by atoms with Crippen LogP contribution in [0.4, 0.5) is 5.69 Å². The summed E-state index contributed by atoms with van der Waals surface area (Å²) < 4.78 is 7.09. The topological polar surface area (TPSA) is 67.0 Å². The van der Waals surface area contributed by atoms with E-state index in [9.17, 15) is 10.1 Å². The van der Waals surface area contributed by atoms with Gasteiger partial charge in [0.2, 0.25) is 0 Å². The van der Waals surface area contributed by atoms with Crippen molar-refractivity contribution in [3.05, 3.63) is 83.2 Å². The van der Waals surface area contributed by atoms with Crippen LogP contribution < -0.4 is 10.1 Å². The maximum atomic E-state index is 12.5. The third-order valence-corrected chi connectivity index (χ3v) is 4.39. The molecule has 0 aliphatic rings. The molecule has 1 amide bonds. The zero-order valence-corrected chi connectivity index (χ0v) is 16.1. The average Bonchev–Trinajstić information content (AvgIpc) is 3.17. The van der Waals surface area contributed by atoms with Gasteiger partial charge in [-0.1, -0.05) is 17.7 Å². The van der Waals surface area contributed by atoms with Crippen LogP contribution in [0.25, 0.3) is 11.8 Å². The smallest absolute Gasteiger partial charge is 0.266 e. The van der Waals surface area contributed by atoms with E-state index >= 15 is 0 Å². The second-order valence-electron chi connectivity index (χ2n) is 6.49. The summed E-state index contributed by atoms with van der Waals surface area (Å²) in [5.41, 5.74) is 4.55. The van der Waals surface area contributed by atoms with Crippen molar-refractivity contribution in [3.8, 4) is 17.5 Å². The first kappa shape index (κ1) is 19.0. The number of nitrogens with zero attached hydrogens (tertiary/aromatic N) is 2. The number of aromatic nitrogens is 1. The number of aryl methyl sites for hydroxylation is 2. The lowest BCUT2D eigenvalue weighted by Crippen LogP contribution is -2.14. The minimum Gasteiger partial charge on any atom is -0.497 e. The molecule has 0 bridgehead atoms. The monoisotopic (exact) mass is 371 g/mol. The van der Waals surface area contributed by atoms with Gasteiger partial charge in [-0.3, -0.25) is 4.79 Å². The Morgan fingerprint density at radius 1 is 1.14 bits per heavy atom. The van der Waals surface area contributed by atoms with Crippen molar-refractivity contribution in [3.63, 3.8) is 0 Å². The van der Waals surface area contributed by atoms with Crippen LogP contribution in [0.2, 0.25) is 0 Å². The third-order valence-electron chi connectivity index (χ3n) is 4.39. The Morgan fingerprint density at radius 2 is 1.89 bits per heavy atom. The number of nitriles is 1. The van der Waals surface area contributed by atoms with Gasteiger partial charge in [-0.25, -0.2) is 0 Å². The van der Waals surface area contributed by atoms with E-state index in [0.717, 1.165) is 28.1 Å². The van der Waals surface area contributed by atoms with Crippen molar-refractivity contribution in [2.24, 2.45) is 0 Å². The Kier molecular flexibility index (Phi) is 5.61. The molecule has 1 heterocycles. The second-order valence-corrected chi connectivity index (χ2v) is 6.49. The predicted molar refractivity (Wildman–Crippen MR) is 110 cm³/mol. The van der Waals surface area contributed by atoms with Gasteiger partial charge in [0.25, 0.3) is 5.91 Å². The maximum Gasteiger partial charge on any atom is 0.266 e. The highest BCUT2D eigenvalue weighted by atomic mass is 16.5. The van der Waals surface area contributed by atoms with Gasteiger partial charge in [0.05, 0.1) is 7.11 Å². The molecule has 140 valence electrons. The minimum absolute atomic E-state index is 0.0486. The molecule has 0 aliphatic heterocycles. The zero-order chi connectivity index (χ0) is 20.1. The molecule has 5 nitrogen and oxygen atoms in total. The van der Waals surface area contributed by atoms with Gasteiger partial charge in [0.15, 0.2) is 0 Å². The van der Waals surface area contributed by atoms with Crippen LogP contribution in [0.5, 0.6) is 5.75 Å². The standard InChI is InChI=1S/C23H21N3O2/c1-16-4-9-22(17(2)12-16)25-23(27)19(14-24)13-18-10-11-26(15-18)20-5-7-21(28-3)8-6-20/h4-13,15H,1-3H3,(H,25,27)/b19-13+. The molecule has 1 aromatic heterocycles. The van der Waals surface area contributed by atoms with Gasteiger partial charge < -0.3 is 14.6 Å². The average molecular weight is 371 g/mol. The summed E-state index contributed by atoms with van der Waals surface area (Å²) in [6.45, 7) is 3.92. The summed E-state index contributed by atoms with van der Waals surface area (Å²) in [6.07, 6.45) is 5.33. The molecular formula is C23H21N3O2. The van der Waals surface area contributed by atoms with Crippen molar-refractivity contribution in [2.45, 2.75) is 13.8 Å². The molecule has 0 saturated heterocycles. The first-order chi connectivity index (χ1) is 13.5. The largest absolute Gasteiger partial charge is 0.497 e. The molecule has 0 saturated carbocycles. The number of carbonyl (C=O) groups excluding carboxylic acids is 1. The highest BCUT2D eigenvalue weighted by Crippen LogP contribution is 2.19. The van der Waals surface area contributed by atoms with Gasteiger partial charge in [-0.05, 0) is 67.4 Å². The zero-order valence-electron chi connectivity index (χ0n) is 16.1. The number of hydrogen-bond acceptors (Lipinski definition) is 3. The number of hydrogen-bond donors (Lipinski definition) is 1. The molecule has 5 heteroatoms. The highest BCUT2D eigenvalue weighted by Gasteiger charge is 2.11. The van der Waals surface area contributed by atoms with E-state index in [-0.39, 0.29) is 5.57 Å². The Balaban J connectivity index is 1.79. The van der Waals surface area contributed by atoms with E-state index in [2.05, 4.69) is 5.32 Å². The summed E-state index contributed by atoms with van der Waals surface area (Å²) in [6, 6.07) is 17.2. The number of benzene rings is 2. The number of nitrogens with one attached hydrogen (secondary N) is 1. The molecule has 0 radical (unpaired) electrons. The number of amides is 1. The lowest BCUT2D eigenvalue weighted by Gasteiger charge is -2.08. The summed E-state index contributed by atoms with van der Waals surface area (Å²) in [7, 11) is 1.63. The molecule has 0 atom stereocenters. The van der Waals surface area contributed by atoms with Crippen molar-refractivity contribution in [1.29, 1.82) is 5.26 Å². The van der Waals surface area contributed by atoms with Gasteiger partial charge in [-0.15, -0.1) is 0 Å². The van der Waals surface area contributed by atoms with Crippen molar-refractivity contribution in [1.82, 2.24) is 4.57 Å². The number of anilines is 1. The van der Waals surface area contributed by atoms with Crippen LogP contribution >= 0.6 is 0 Å². The molecule has 0 fully saturated rings. The van der Waals surface area contributed by atoms with Crippen molar-refractivity contribution in [2.75, 3.05) is 12.4 Å². The van der Waals surface area contributed by atoms with Gasteiger partial charge in [0.1, 0.15) is 17.4 Å². The lowest BCUT2D eigenvalue weighted by atomic mass is 10.1. The predicted octanol–water partition coefficient (Wildman–Crippen LogP) is 4.65. The van der Waals surface area contributed by atoms with Crippen LogP contribution in [-0.2, 0) is 4.79 Å². The van der Waals surface area contributed by atoms with E-state index in [0.29, 0.717) is 5.69 Å². The summed E-state index contributed by atoms with van der Waals surface area (Å²) >= 11 is 0. The molecule has 28 heavy (non-hydrogen) atoms. The number of carbonyl (C=O) groups is 1. The van der Waals surface area contributed by atoms with Gasteiger partial charge in [-0.2, -0.15) is 5.26 Å². The Bertz CT molecular complexity index is 1070. The Labute approximate surface area is 164 Å². The maximum absolute atomic E-state index is 12.5. The van der Waals surface area contributed by atoms with Gasteiger partial charge >= 0.3 is 0 Å². The first-order valence-electron chi connectivity index (χ1n) is 8.83. The summed E-state index contributed by atoms with van der Waals surface area (Å²) in [5.74, 6) is 0.359. The fraction of sp³-hybridized carbons (Fsp3) is 0.130. The van der Waals surface area contributed by atoms with Crippen LogP contribution in [-0.4, -0.2) is 17.6 Å². The second kappa shape index (κ2) is 8.28. The van der Waals surface area contributed by atoms with Gasteiger partial charge in [0, 0.05) is 23.8 Å². The summed E-state index contributed by atoms with van der Waals surface area (Å²) in [5, 5.41) is 12.2. The van der Waals surface area contributed by atoms with E-state index in [1.165, 1.54) is 0 Å². The number of methoxy groups -OCH3 is 1. The molecule has 0 spiro atoms. The fourth-order valence-electron chi connectivity index (χ4n) is 2.87. The minimum atomic E-state index is -0.424. The molecule has 2 aromatic carbocycles. The molecule has 1 N–H and O–H groups in total.